The average molecular weight is 285 g/mol. The number of amides is 1. The number of ketones is 1. The van der Waals surface area contributed by atoms with E-state index >= 15 is 0 Å². The van der Waals surface area contributed by atoms with Crippen LogP contribution < -0.4 is 10.1 Å². The molecule has 0 saturated carbocycles. The number of benzene rings is 1. The Morgan fingerprint density at radius 2 is 1.95 bits per heavy atom. The maximum absolute atomic E-state index is 12.3. The van der Waals surface area contributed by atoms with E-state index in [1.54, 1.807) is 0 Å². The lowest BCUT2D eigenvalue weighted by molar-refractivity contribution is -0.122. The van der Waals surface area contributed by atoms with Gasteiger partial charge in [0.05, 0.1) is 6.61 Å². The van der Waals surface area contributed by atoms with Gasteiger partial charge in [-0.05, 0) is 37.5 Å². The van der Waals surface area contributed by atoms with E-state index in [2.05, 4.69) is 5.32 Å². The largest absolute Gasteiger partial charge is 0.494 e. The second-order valence-electron chi connectivity index (χ2n) is 5.48. The van der Waals surface area contributed by atoms with Crippen LogP contribution in [0.5, 0.6) is 5.75 Å². The van der Waals surface area contributed by atoms with Crippen molar-refractivity contribution in [1.29, 1.82) is 0 Å². The van der Waals surface area contributed by atoms with E-state index in [1.165, 1.54) is 0 Å². The molecule has 1 atom stereocenters. The first-order valence-corrected chi connectivity index (χ1v) is 7.48. The Morgan fingerprint density at radius 3 is 2.67 bits per heavy atom. The van der Waals surface area contributed by atoms with Gasteiger partial charge in [-0.3, -0.25) is 9.59 Å². The van der Waals surface area contributed by atoms with E-state index in [0.29, 0.717) is 19.4 Å². The van der Waals surface area contributed by atoms with Gasteiger partial charge in [0.2, 0.25) is 5.91 Å². The molecule has 0 bridgehead atoms. The lowest BCUT2D eigenvalue weighted by Gasteiger charge is -2.31. The molecule has 0 spiro atoms. The van der Waals surface area contributed by atoms with Crippen molar-refractivity contribution < 1.29 is 14.3 Å². The van der Waals surface area contributed by atoms with Gasteiger partial charge in [-0.1, -0.05) is 12.1 Å². The van der Waals surface area contributed by atoms with Crippen LogP contribution in [0.1, 0.15) is 44.1 Å². The minimum Gasteiger partial charge on any atom is -0.494 e. The Labute approximate surface area is 124 Å². The Kier molecular flexibility index (Phi) is 3.78. The van der Waals surface area contributed by atoms with Crippen LogP contribution in [-0.2, 0) is 9.59 Å². The number of Topliss-reactive ketones (excluding diaryl/α,β-unsaturated/α-hetero) is 1. The van der Waals surface area contributed by atoms with Crippen molar-refractivity contribution in [2.75, 3.05) is 6.61 Å². The van der Waals surface area contributed by atoms with Crippen molar-refractivity contribution in [3.8, 4) is 5.75 Å². The molecule has 0 radical (unpaired) electrons. The Morgan fingerprint density at radius 1 is 1.19 bits per heavy atom. The van der Waals surface area contributed by atoms with Gasteiger partial charge in [0.1, 0.15) is 5.75 Å². The van der Waals surface area contributed by atoms with Gasteiger partial charge < -0.3 is 10.1 Å². The zero-order valence-corrected chi connectivity index (χ0v) is 12.1. The van der Waals surface area contributed by atoms with Crippen LogP contribution in [0.3, 0.4) is 0 Å². The smallest absolute Gasteiger partial charge is 0.225 e. The fourth-order valence-corrected chi connectivity index (χ4v) is 3.15. The van der Waals surface area contributed by atoms with Crippen LogP contribution in [0.4, 0.5) is 0 Å². The summed E-state index contributed by atoms with van der Waals surface area (Å²) >= 11 is 0. The number of allylic oxidation sites excluding steroid dienone is 2. The summed E-state index contributed by atoms with van der Waals surface area (Å²) in [4.78, 5) is 24.2. The summed E-state index contributed by atoms with van der Waals surface area (Å²) in [5, 5.41) is 2.88. The highest BCUT2D eigenvalue weighted by Crippen LogP contribution is 2.38. The summed E-state index contributed by atoms with van der Waals surface area (Å²) in [6, 6.07) is 7.72. The third kappa shape index (κ3) is 2.71. The van der Waals surface area contributed by atoms with Crippen molar-refractivity contribution in [2.45, 2.75) is 38.5 Å². The molecule has 1 N–H and O–H groups in total. The van der Waals surface area contributed by atoms with Crippen molar-refractivity contribution in [2.24, 2.45) is 0 Å². The maximum atomic E-state index is 12.3. The predicted molar refractivity (Wildman–Crippen MR) is 79.0 cm³/mol. The second-order valence-corrected chi connectivity index (χ2v) is 5.48. The van der Waals surface area contributed by atoms with Gasteiger partial charge in [-0.2, -0.15) is 0 Å². The molecule has 1 aliphatic heterocycles. The standard InChI is InChI=1S/C17H19NO3/c1-2-21-12-8-6-11(7-9-12)13-10-16(20)18-14-4-3-5-15(19)17(13)14/h6-9,13H,2-5,10H2,1H3,(H,18,20)/t13-/m0/s1. The quantitative estimate of drug-likeness (QED) is 0.929. The van der Waals surface area contributed by atoms with Gasteiger partial charge in [0.25, 0.3) is 0 Å². The van der Waals surface area contributed by atoms with Crippen LogP contribution in [0.2, 0.25) is 0 Å². The zero-order chi connectivity index (χ0) is 14.8. The van der Waals surface area contributed by atoms with E-state index in [1.807, 2.05) is 31.2 Å². The fourth-order valence-electron chi connectivity index (χ4n) is 3.15. The van der Waals surface area contributed by atoms with Gasteiger partial charge in [-0.25, -0.2) is 0 Å². The van der Waals surface area contributed by atoms with Gasteiger partial charge in [0, 0.05) is 30.0 Å². The van der Waals surface area contributed by atoms with E-state index in [-0.39, 0.29) is 17.6 Å². The zero-order valence-electron chi connectivity index (χ0n) is 12.1. The summed E-state index contributed by atoms with van der Waals surface area (Å²) in [5.41, 5.74) is 2.66. The highest BCUT2D eigenvalue weighted by Gasteiger charge is 2.34. The molecule has 0 saturated heterocycles. The number of ether oxygens (including phenoxy) is 1. The van der Waals surface area contributed by atoms with Crippen LogP contribution in [0, 0.1) is 0 Å². The van der Waals surface area contributed by atoms with Gasteiger partial charge in [0.15, 0.2) is 5.78 Å². The maximum Gasteiger partial charge on any atom is 0.225 e. The summed E-state index contributed by atoms with van der Waals surface area (Å²) in [5.74, 6) is 0.875. The monoisotopic (exact) mass is 285 g/mol. The van der Waals surface area contributed by atoms with Crippen molar-refractivity contribution in [3.05, 3.63) is 41.1 Å². The molecule has 4 heteroatoms. The Bertz CT molecular complexity index is 601. The molecule has 2 aliphatic rings. The molecule has 110 valence electrons. The fraction of sp³-hybridized carbons (Fsp3) is 0.412. The molecule has 1 amide bonds. The number of hydrogen-bond donors (Lipinski definition) is 1. The highest BCUT2D eigenvalue weighted by atomic mass is 16.5. The van der Waals surface area contributed by atoms with Crippen LogP contribution >= 0.6 is 0 Å². The number of hydrogen-bond acceptors (Lipinski definition) is 3. The summed E-state index contributed by atoms with van der Waals surface area (Å²) in [6.07, 6.45) is 2.55. The average Bonchev–Trinajstić information content (AvgIpc) is 2.47. The molecule has 3 rings (SSSR count). The third-order valence-electron chi connectivity index (χ3n) is 4.08. The third-order valence-corrected chi connectivity index (χ3v) is 4.08. The first kappa shape index (κ1) is 13.9. The molecule has 4 nitrogen and oxygen atoms in total. The van der Waals surface area contributed by atoms with E-state index in [4.69, 9.17) is 4.74 Å². The Balaban J connectivity index is 1.95. The van der Waals surface area contributed by atoms with Gasteiger partial charge in [-0.15, -0.1) is 0 Å². The summed E-state index contributed by atoms with van der Waals surface area (Å²) < 4.78 is 5.44. The SMILES string of the molecule is CCOc1ccc([C@@H]2CC(=O)NC3=C2C(=O)CCC3)cc1. The minimum absolute atomic E-state index is 0.00216. The molecule has 21 heavy (non-hydrogen) atoms. The van der Waals surface area contributed by atoms with Gasteiger partial charge >= 0.3 is 0 Å². The minimum atomic E-state index is -0.114. The molecular formula is C17H19NO3. The topological polar surface area (TPSA) is 55.4 Å². The predicted octanol–water partition coefficient (Wildman–Crippen LogP) is 2.70. The molecule has 0 fully saturated rings. The molecule has 1 aromatic carbocycles. The van der Waals surface area contributed by atoms with Crippen molar-refractivity contribution in [1.82, 2.24) is 5.32 Å². The van der Waals surface area contributed by atoms with Crippen LogP contribution in [0.25, 0.3) is 0 Å². The summed E-state index contributed by atoms with van der Waals surface area (Å²) in [7, 11) is 0. The number of nitrogens with one attached hydrogen (secondary N) is 1. The van der Waals surface area contributed by atoms with Crippen LogP contribution in [0.15, 0.2) is 35.5 Å². The number of rotatable bonds is 3. The van der Waals surface area contributed by atoms with E-state index < -0.39 is 0 Å². The lowest BCUT2D eigenvalue weighted by atomic mass is 9.78. The Hall–Kier alpha value is -2.10. The molecule has 1 heterocycles. The molecule has 1 aliphatic carbocycles. The summed E-state index contributed by atoms with van der Waals surface area (Å²) in [6.45, 7) is 2.57. The number of carbonyl (C=O) groups is 2. The van der Waals surface area contributed by atoms with E-state index in [9.17, 15) is 9.59 Å². The van der Waals surface area contributed by atoms with E-state index in [0.717, 1.165) is 35.4 Å². The van der Waals surface area contributed by atoms with Crippen molar-refractivity contribution in [3.63, 3.8) is 0 Å². The normalized spacial score (nSPS) is 21.9. The molecule has 0 aromatic heterocycles. The highest BCUT2D eigenvalue weighted by molar-refractivity contribution is 6.01. The second kappa shape index (κ2) is 5.72. The van der Waals surface area contributed by atoms with Crippen molar-refractivity contribution >= 4 is 11.7 Å². The number of carbonyl (C=O) groups excluding carboxylic acids is 2. The lowest BCUT2D eigenvalue weighted by Crippen LogP contribution is -2.36. The van der Waals surface area contributed by atoms with Crippen LogP contribution in [-0.4, -0.2) is 18.3 Å². The first-order valence-electron chi connectivity index (χ1n) is 7.48. The molecule has 0 unspecified atom stereocenters. The molecule has 1 aromatic rings. The molecular weight excluding hydrogens is 266 g/mol. The first-order chi connectivity index (χ1) is 10.2.